The topological polar surface area (TPSA) is 94.6 Å². The number of anilines is 2. The van der Waals surface area contributed by atoms with Crippen molar-refractivity contribution in [1.82, 2.24) is 9.97 Å². The van der Waals surface area contributed by atoms with Crippen LogP contribution in [0.2, 0.25) is 0 Å². The average molecular weight is 403 g/mol. The second kappa shape index (κ2) is 8.77. The Morgan fingerprint density at radius 2 is 1.52 bits per heavy atom. The van der Waals surface area contributed by atoms with Gasteiger partial charge in [-0.3, -0.25) is 0 Å². The van der Waals surface area contributed by atoms with Crippen molar-refractivity contribution in [1.29, 1.82) is 10.5 Å². The average Bonchev–Trinajstić information content (AvgIpc) is 2.80. The lowest BCUT2D eigenvalue weighted by molar-refractivity contribution is 0.462. The molecule has 0 aliphatic heterocycles. The summed E-state index contributed by atoms with van der Waals surface area (Å²) in [6, 6.07) is 26.3. The van der Waals surface area contributed by atoms with Gasteiger partial charge >= 0.3 is 0 Å². The minimum Gasteiger partial charge on any atom is -0.439 e. The lowest BCUT2D eigenvalue weighted by Gasteiger charge is -2.11. The van der Waals surface area contributed by atoms with Crippen molar-refractivity contribution in [3.63, 3.8) is 0 Å². The van der Waals surface area contributed by atoms with Gasteiger partial charge < -0.3 is 10.1 Å². The summed E-state index contributed by atoms with van der Waals surface area (Å²) in [4.78, 5) is 8.61. The molecule has 1 aromatic heterocycles. The molecule has 0 aliphatic carbocycles. The number of nitrogens with one attached hydrogen (secondary N) is 1. The van der Waals surface area contributed by atoms with Gasteiger partial charge in [0.25, 0.3) is 0 Å². The Kier molecular flexibility index (Phi) is 5.55. The molecule has 0 aliphatic rings. The standard InChI is InChI=1S/C25H17N5O/c1-17-14-22(10-11-23(17)20-6-2-18(15-26)3-7-20)31-24-12-13-28-25(30-24)29-21-8-4-19(16-27)5-9-21/h2-14H,1H3,(H,28,29,30). The highest BCUT2D eigenvalue weighted by molar-refractivity contribution is 5.68. The Morgan fingerprint density at radius 3 is 2.16 bits per heavy atom. The molecule has 1 heterocycles. The first-order valence-electron chi connectivity index (χ1n) is 9.54. The van der Waals surface area contributed by atoms with Gasteiger partial charge in [-0.25, -0.2) is 4.98 Å². The highest BCUT2D eigenvalue weighted by Crippen LogP contribution is 2.29. The zero-order valence-corrected chi connectivity index (χ0v) is 16.7. The van der Waals surface area contributed by atoms with Crippen LogP contribution in [0.25, 0.3) is 11.1 Å². The normalized spacial score (nSPS) is 10.0. The zero-order valence-electron chi connectivity index (χ0n) is 16.7. The Morgan fingerprint density at radius 1 is 0.839 bits per heavy atom. The molecule has 0 radical (unpaired) electrons. The molecule has 6 heteroatoms. The SMILES string of the molecule is Cc1cc(Oc2ccnc(Nc3ccc(C#N)cc3)n2)ccc1-c1ccc(C#N)cc1. The molecule has 0 bridgehead atoms. The second-order valence-electron chi connectivity index (χ2n) is 6.80. The number of rotatable bonds is 5. The molecular formula is C25H17N5O. The molecule has 4 aromatic rings. The predicted molar refractivity (Wildman–Crippen MR) is 118 cm³/mol. The molecule has 0 unspecified atom stereocenters. The van der Waals surface area contributed by atoms with Crippen LogP contribution in [0.1, 0.15) is 16.7 Å². The smallest absolute Gasteiger partial charge is 0.230 e. The molecule has 0 amide bonds. The van der Waals surface area contributed by atoms with Gasteiger partial charge in [0.2, 0.25) is 11.8 Å². The molecule has 3 aromatic carbocycles. The van der Waals surface area contributed by atoms with Crippen LogP contribution in [0.3, 0.4) is 0 Å². The minimum atomic E-state index is 0.396. The van der Waals surface area contributed by atoms with Gasteiger partial charge in [-0.1, -0.05) is 18.2 Å². The van der Waals surface area contributed by atoms with Crippen LogP contribution in [0.15, 0.2) is 79.0 Å². The lowest BCUT2D eigenvalue weighted by atomic mass is 9.99. The van der Waals surface area contributed by atoms with Gasteiger partial charge in [0.05, 0.1) is 23.3 Å². The minimum absolute atomic E-state index is 0.396. The van der Waals surface area contributed by atoms with Gasteiger partial charge in [0.1, 0.15) is 5.75 Å². The first-order chi connectivity index (χ1) is 15.1. The van der Waals surface area contributed by atoms with Crippen molar-refractivity contribution in [2.24, 2.45) is 0 Å². The van der Waals surface area contributed by atoms with Crippen LogP contribution in [0, 0.1) is 29.6 Å². The lowest BCUT2D eigenvalue weighted by Crippen LogP contribution is -1.98. The summed E-state index contributed by atoms with van der Waals surface area (Å²) >= 11 is 0. The fourth-order valence-corrected chi connectivity index (χ4v) is 3.09. The van der Waals surface area contributed by atoms with Crippen molar-refractivity contribution in [2.75, 3.05) is 5.32 Å². The maximum absolute atomic E-state index is 8.96. The number of hydrogen-bond donors (Lipinski definition) is 1. The monoisotopic (exact) mass is 403 g/mol. The number of nitrogens with zero attached hydrogens (tertiary/aromatic N) is 4. The molecule has 148 valence electrons. The Balaban J connectivity index is 1.50. The van der Waals surface area contributed by atoms with Gasteiger partial charge in [-0.2, -0.15) is 15.5 Å². The van der Waals surface area contributed by atoms with Gasteiger partial charge in [0.15, 0.2) is 0 Å². The number of ether oxygens (including phenoxy) is 1. The van der Waals surface area contributed by atoms with E-state index in [-0.39, 0.29) is 0 Å². The Labute approximate surface area is 180 Å². The predicted octanol–water partition coefficient (Wildman–Crippen LogP) is 5.73. The first-order valence-corrected chi connectivity index (χ1v) is 9.54. The second-order valence-corrected chi connectivity index (χ2v) is 6.80. The van der Waals surface area contributed by atoms with E-state index >= 15 is 0 Å². The van der Waals surface area contributed by atoms with E-state index in [1.54, 1.807) is 36.5 Å². The zero-order chi connectivity index (χ0) is 21.6. The number of hydrogen-bond acceptors (Lipinski definition) is 6. The molecular weight excluding hydrogens is 386 g/mol. The van der Waals surface area contributed by atoms with Crippen LogP contribution in [-0.2, 0) is 0 Å². The maximum Gasteiger partial charge on any atom is 0.230 e. The van der Waals surface area contributed by atoms with E-state index in [1.807, 2.05) is 49.4 Å². The van der Waals surface area contributed by atoms with Crippen molar-refractivity contribution in [2.45, 2.75) is 6.92 Å². The van der Waals surface area contributed by atoms with E-state index in [1.165, 1.54) is 0 Å². The quantitative estimate of drug-likeness (QED) is 0.457. The third kappa shape index (κ3) is 4.67. The van der Waals surface area contributed by atoms with E-state index in [0.717, 1.165) is 22.4 Å². The molecule has 0 fully saturated rings. The van der Waals surface area contributed by atoms with E-state index < -0.39 is 0 Å². The fraction of sp³-hybridized carbons (Fsp3) is 0.0400. The highest BCUT2D eigenvalue weighted by Gasteiger charge is 2.07. The number of benzene rings is 3. The number of aryl methyl sites for hydroxylation is 1. The van der Waals surface area contributed by atoms with Crippen molar-refractivity contribution >= 4 is 11.6 Å². The molecule has 0 atom stereocenters. The van der Waals surface area contributed by atoms with Crippen LogP contribution >= 0.6 is 0 Å². The van der Waals surface area contributed by atoms with Gasteiger partial charge in [-0.05, 0) is 72.1 Å². The van der Waals surface area contributed by atoms with Crippen LogP contribution < -0.4 is 10.1 Å². The van der Waals surface area contributed by atoms with Gasteiger partial charge in [-0.15, -0.1) is 0 Å². The Hall–Kier alpha value is -4.68. The summed E-state index contributed by atoms with van der Waals surface area (Å²) in [6.45, 7) is 2.01. The van der Waals surface area contributed by atoms with Gasteiger partial charge in [0, 0.05) is 18.0 Å². The molecule has 0 spiro atoms. The van der Waals surface area contributed by atoms with Crippen LogP contribution in [0.4, 0.5) is 11.6 Å². The summed E-state index contributed by atoms with van der Waals surface area (Å²) in [5.41, 5.74) is 5.16. The molecule has 4 rings (SSSR count). The summed E-state index contributed by atoms with van der Waals surface area (Å²) < 4.78 is 5.92. The largest absolute Gasteiger partial charge is 0.439 e. The van der Waals surface area contributed by atoms with Crippen molar-refractivity contribution in [3.05, 3.63) is 95.7 Å². The molecule has 0 saturated heterocycles. The van der Waals surface area contributed by atoms with Crippen molar-refractivity contribution in [3.8, 4) is 34.9 Å². The third-order valence-electron chi connectivity index (χ3n) is 4.65. The van der Waals surface area contributed by atoms with E-state index in [0.29, 0.717) is 28.7 Å². The van der Waals surface area contributed by atoms with E-state index in [9.17, 15) is 0 Å². The van der Waals surface area contributed by atoms with Crippen LogP contribution in [-0.4, -0.2) is 9.97 Å². The summed E-state index contributed by atoms with van der Waals surface area (Å²) in [7, 11) is 0. The number of nitriles is 2. The van der Waals surface area contributed by atoms with Crippen LogP contribution in [0.5, 0.6) is 11.6 Å². The maximum atomic E-state index is 8.96. The molecule has 6 nitrogen and oxygen atoms in total. The Bertz CT molecular complexity index is 1300. The van der Waals surface area contributed by atoms with E-state index in [4.69, 9.17) is 15.3 Å². The van der Waals surface area contributed by atoms with Crippen molar-refractivity contribution < 1.29 is 4.74 Å². The summed E-state index contributed by atoms with van der Waals surface area (Å²) in [5.74, 6) is 1.47. The molecule has 31 heavy (non-hydrogen) atoms. The summed E-state index contributed by atoms with van der Waals surface area (Å²) in [6.07, 6.45) is 1.62. The third-order valence-corrected chi connectivity index (χ3v) is 4.65. The fourth-order valence-electron chi connectivity index (χ4n) is 3.09. The highest BCUT2D eigenvalue weighted by atomic mass is 16.5. The molecule has 1 N–H and O–H groups in total. The first kappa shape index (κ1) is 19.6. The van der Waals surface area contributed by atoms with E-state index in [2.05, 4.69) is 27.4 Å². The molecule has 0 saturated carbocycles. The number of aromatic nitrogens is 2. The summed E-state index contributed by atoms with van der Waals surface area (Å²) in [5, 5.41) is 21.0.